The van der Waals surface area contributed by atoms with E-state index in [9.17, 15) is 9.50 Å². The summed E-state index contributed by atoms with van der Waals surface area (Å²) in [5.41, 5.74) is 0.855. The fourth-order valence-corrected chi connectivity index (χ4v) is 2.98. The molecule has 0 saturated heterocycles. The zero-order valence-corrected chi connectivity index (χ0v) is 12.5. The second kappa shape index (κ2) is 6.68. The van der Waals surface area contributed by atoms with Gasteiger partial charge in [0, 0.05) is 24.6 Å². The molecule has 0 spiro atoms. The van der Waals surface area contributed by atoms with Gasteiger partial charge in [-0.2, -0.15) is 0 Å². The van der Waals surface area contributed by atoms with Crippen molar-refractivity contribution in [3.05, 3.63) is 35.6 Å². The molecule has 0 atom stereocenters. The van der Waals surface area contributed by atoms with E-state index in [2.05, 4.69) is 19.2 Å². The molecule has 20 heavy (non-hydrogen) atoms. The van der Waals surface area contributed by atoms with Crippen LogP contribution >= 0.6 is 0 Å². The highest BCUT2D eigenvalue weighted by Gasteiger charge is 2.33. The van der Waals surface area contributed by atoms with Gasteiger partial charge in [0.05, 0.1) is 0 Å². The molecule has 2 rings (SSSR count). The van der Waals surface area contributed by atoms with Crippen LogP contribution in [0.1, 0.15) is 51.0 Å². The first-order valence-corrected chi connectivity index (χ1v) is 7.72. The van der Waals surface area contributed by atoms with Crippen molar-refractivity contribution in [1.29, 1.82) is 0 Å². The van der Waals surface area contributed by atoms with E-state index in [1.807, 2.05) is 12.1 Å². The van der Waals surface area contributed by atoms with Gasteiger partial charge in [0.1, 0.15) is 5.82 Å². The number of nitrogens with one attached hydrogen (secondary N) is 1. The van der Waals surface area contributed by atoms with E-state index in [-0.39, 0.29) is 17.8 Å². The molecule has 1 fully saturated rings. The van der Waals surface area contributed by atoms with Gasteiger partial charge in [-0.05, 0) is 43.2 Å². The van der Waals surface area contributed by atoms with Gasteiger partial charge in [0.2, 0.25) is 0 Å². The molecule has 1 aliphatic carbocycles. The summed E-state index contributed by atoms with van der Waals surface area (Å²) in [7, 11) is 0. The fraction of sp³-hybridized carbons (Fsp3) is 0.647. The lowest BCUT2D eigenvalue weighted by Gasteiger charge is -2.39. The largest absolute Gasteiger partial charge is 0.396 e. The van der Waals surface area contributed by atoms with Crippen LogP contribution < -0.4 is 5.32 Å². The molecule has 0 amide bonds. The third-order valence-electron chi connectivity index (χ3n) is 5.08. The number of hydrogen-bond donors (Lipinski definition) is 2. The molecular weight excluding hydrogens is 253 g/mol. The summed E-state index contributed by atoms with van der Waals surface area (Å²) in [5.74, 6) is 0.267. The molecule has 1 aliphatic rings. The van der Waals surface area contributed by atoms with Crippen molar-refractivity contribution in [2.24, 2.45) is 5.41 Å². The zero-order chi connectivity index (χ0) is 14.6. The van der Waals surface area contributed by atoms with Crippen LogP contribution in [0.3, 0.4) is 0 Å². The minimum atomic E-state index is -0.0808. The smallest absolute Gasteiger partial charge is 0.126 e. The normalized spacial score (nSPS) is 22.6. The summed E-state index contributed by atoms with van der Waals surface area (Å²) in [6.07, 6.45) is 3.96. The maximum Gasteiger partial charge on any atom is 0.126 e. The molecule has 2 nitrogen and oxygen atoms in total. The lowest BCUT2D eigenvalue weighted by Crippen LogP contribution is -2.46. The molecule has 1 aromatic rings. The van der Waals surface area contributed by atoms with Crippen LogP contribution in [-0.4, -0.2) is 24.3 Å². The van der Waals surface area contributed by atoms with Crippen molar-refractivity contribution in [2.45, 2.75) is 51.5 Å². The Morgan fingerprint density at radius 3 is 2.45 bits per heavy atom. The Labute approximate surface area is 121 Å². The SMILES string of the molecule is CCC(CC)(CO)CNC1CC(c2ccccc2F)C1. The Morgan fingerprint density at radius 1 is 1.25 bits per heavy atom. The number of hydrogen-bond acceptors (Lipinski definition) is 2. The first-order chi connectivity index (χ1) is 9.64. The first kappa shape index (κ1) is 15.5. The Bertz CT molecular complexity index is 416. The molecule has 2 N–H and O–H groups in total. The van der Waals surface area contributed by atoms with E-state index in [0.29, 0.717) is 12.0 Å². The third-order valence-corrected chi connectivity index (χ3v) is 5.08. The van der Waals surface area contributed by atoms with E-state index < -0.39 is 0 Å². The van der Waals surface area contributed by atoms with E-state index in [1.165, 1.54) is 0 Å². The summed E-state index contributed by atoms with van der Waals surface area (Å²) in [4.78, 5) is 0. The summed E-state index contributed by atoms with van der Waals surface area (Å²) >= 11 is 0. The molecule has 0 aromatic heterocycles. The topological polar surface area (TPSA) is 32.3 Å². The number of aliphatic hydroxyl groups is 1. The Morgan fingerprint density at radius 2 is 1.90 bits per heavy atom. The van der Waals surface area contributed by atoms with Crippen LogP contribution in [-0.2, 0) is 0 Å². The van der Waals surface area contributed by atoms with Gasteiger partial charge in [-0.1, -0.05) is 32.0 Å². The highest BCUT2D eigenvalue weighted by atomic mass is 19.1. The minimum Gasteiger partial charge on any atom is -0.396 e. The van der Waals surface area contributed by atoms with Gasteiger partial charge < -0.3 is 10.4 Å². The molecule has 0 unspecified atom stereocenters. The van der Waals surface area contributed by atoms with E-state index in [0.717, 1.165) is 37.8 Å². The molecule has 0 aliphatic heterocycles. The molecule has 1 saturated carbocycles. The minimum absolute atomic E-state index is 0.00306. The lowest BCUT2D eigenvalue weighted by molar-refractivity contribution is 0.102. The van der Waals surface area contributed by atoms with Gasteiger partial charge >= 0.3 is 0 Å². The predicted octanol–water partition coefficient (Wildman–Crippen LogP) is 3.46. The van der Waals surface area contributed by atoms with Gasteiger partial charge in [-0.3, -0.25) is 0 Å². The molecule has 112 valence electrons. The monoisotopic (exact) mass is 279 g/mol. The van der Waals surface area contributed by atoms with Crippen LogP contribution in [0.4, 0.5) is 4.39 Å². The van der Waals surface area contributed by atoms with Crippen LogP contribution in [0.5, 0.6) is 0 Å². The molecule has 0 heterocycles. The summed E-state index contributed by atoms with van der Waals surface area (Å²) in [6, 6.07) is 7.55. The number of halogens is 1. The number of aliphatic hydroxyl groups excluding tert-OH is 1. The standard InChI is InChI=1S/C17H26FNO/c1-3-17(4-2,12-20)11-19-14-9-13(10-14)15-7-5-6-8-16(15)18/h5-8,13-14,19-20H,3-4,9-12H2,1-2H3. The van der Waals surface area contributed by atoms with Crippen LogP contribution in [0, 0.1) is 11.2 Å². The first-order valence-electron chi connectivity index (χ1n) is 7.72. The fourth-order valence-electron chi connectivity index (χ4n) is 2.98. The van der Waals surface area contributed by atoms with Crippen LogP contribution in [0.25, 0.3) is 0 Å². The van der Waals surface area contributed by atoms with Gasteiger partial charge in [-0.15, -0.1) is 0 Å². The Kier molecular flexibility index (Phi) is 5.17. The van der Waals surface area contributed by atoms with Gasteiger partial charge in [0.15, 0.2) is 0 Å². The molecular formula is C17H26FNO. The summed E-state index contributed by atoms with van der Waals surface area (Å²) in [6.45, 7) is 5.34. The Hall–Kier alpha value is -0.930. The summed E-state index contributed by atoms with van der Waals surface area (Å²) in [5, 5.41) is 13.1. The lowest BCUT2D eigenvalue weighted by atomic mass is 9.74. The van der Waals surface area contributed by atoms with E-state index in [4.69, 9.17) is 0 Å². The highest BCUT2D eigenvalue weighted by Crippen LogP contribution is 2.38. The second-order valence-electron chi connectivity index (χ2n) is 6.13. The van der Waals surface area contributed by atoms with Crippen molar-refractivity contribution in [2.75, 3.05) is 13.2 Å². The Balaban J connectivity index is 1.81. The molecule has 0 radical (unpaired) electrons. The van der Waals surface area contributed by atoms with E-state index in [1.54, 1.807) is 12.1 Å². The van der Waals surface area contributed by atoms with Crippen molar-refractivity contribution >= 4 is 0 Å². The van der Waals surface area contributed by atoms with Gasteiger partial charge in [0.25, 0.3) is 0 Å². The van der Waals surface area contributed by atoms with Crippen molar-refractivity contribution in [3.8, 4) is 0 Å². The maximum atomic E-state index is 13.7. The summed E-state index contributed by atoms with van der Waals surface area (Å²) < 4.78 is 13.7. The maximum absolute atomic E-state index is 13.7. The van der Waals surface area contributed by atoms with Crippen molar-refractivity contribution < 1.29 is 9.50 Å². The quantitative estimate of drug-likeness (QED) is 0.801. The molecule has 3 heteroatoms. The average molecular weight is 279 g/mol. The van der Waals surface area contributed by atoms with Crippen LogP contribution in [0.2, 0.25) is 0 Å². The van der Waals surface area contributed by atoms with Crippen LogP contribution in [0.15, 0.2) is 24.3 Å². The van der Waals surface area contributed by atoms with Gasteiger partial charge in [-0.25, -0.2) is 4.39 Å². The van der Waals surface area contributed by atoms with Crippen molar-refractivity contribution in [1.82, 2.24) is 5.32 Å². The second-order valence-corrected chi connectivity index (χ2v) is 6.13. The average Bonchev–Trinajstić information content (AvgIpc) is 2.44. The third kappa shape index (κ3) is 3.21. The zero-order valence-electron chi connectivity index (χ0n) is 12.5. The molecule has 1 aromatic carbocycles. The number of benzene rings is 1. The molecule has 0 bridgehead atoms. The number of rotatable bonds is 7. The van der Waals surface area contributed by atoms with Crippen molar-refractivity contribution in [3.63, 3.8) is 0 Å². The predicted molar refractivity (Wildman–Crippen MR) is 80.3 cm³/mol. The highest BCUT2D eigenvalue weighted by molar-refractivity contribution is 5.24. The van der Waals surface area contributed by atoms with E-state index >= 15 is 0 Å².